The minimum atomic E-state index is -0.388. The zero-order chi connectivity index (χ0) is 26.2. The zero-order valence-electron chi connectivity index (χ0n) is 20.9. The summed E-state index contributed by atoms with van der Waals surface area (Å²) in [6.07, 6.45) is 0.617. The second-order valence-electron chi connectivity index (χ2n) is 8.76. The maximum Gasteiger partial charge on any atom is 0.261 e. The number of nitrogens with one attached hydrogen (secondary N) is 1. The number of nitrogen functional groups attached to an aromatic ring is 1. The number of rotatable bonds is 7. The summed E-state index contributed by atoms with van der Waals surface area (Å²) in [6, 6.07) is 18.5. The lowest BCUT2D eigenvalue weighted by atomic mass is 10.1. The maximum atomic E-state index is 13.6. The monoisotopic (exact) mass is 511 g/mol. The van der Waals surface area contributed by atoms with Gasteiger partial charge in [0, 0.05) is 18.3 Å². The second-order valence-corrected chi connectivity index (χ2v) is 8.76. The van der Waals surface area contributed by atoms with Gasteiger partial charge >= 0.3 is 0 Å². The molecule has 0 saturated heterocycles. The molecule has 10 nitrogen and oxygen atoms in total. The summed E-state index contributed by atoms with van der Waals surface area (Å²) in [6.45, 7) is 0.623. The van der Waals surface area contributed by atoms with Gasteiger partial charge in [0.05, 0.1) is 25.3 Å². The molecule has 3 N–H and O–H groups in total. The number of carbonyl (C=O) groups is 1. The molecule has 2 aromatic heterocycles. The molecular formula is C28H25N5O5. The number of carbonyl (C=O) groups excluding carboxylic acids is 1. The topological polar surface area (TPSA) is 123 Å². The van der Waals surface area contributed by atoms with Gasteiger partial charge in [-0.2, -0.15) is 0 Å². The summed E-state index contributed by atoms with van der Waals surface area (Å²) >= 11 is 0. The highest BCUT2D eigenvalue weighted by Crippen LogP contribution is 2.35. The van der Waals surface area contributed by atoms with Crippen molar-refractivity contribution < 1.29 is 23.7 Å². The standard InChI is InChI=1S/C28H25N5O5/c1-35-20-9-7-16(13-22(20)36-2)11-12-33-26(29)24(25-27(33)32-19-6-4-3-5-18(19)31-25)28(34)30-17-8-10-21-23(14-17)38-15-37-21/h3-10,13-14H,11-12,15,29H2,1-2H3,(H,30,34). The molecule has 1 aliphatic heterocycles. The first-order valence-electron chi connectivity index (χ1n) is 12.0. The van der Waals surface area contributed by atoms with Gasteiger partial charge in [0.25, 0.3) is 5.91 Å². The molecule has 0 saturated carbocycles. The van der Waals surface area contributed by atoms with Crippen LogP contribution in [0.25, 0.3) is 22.2 Å². The van der Waals surface area contributed by atoms with E-state index in [1.54, 1.807) is 32.4 Å². The third-order valence-electron chi connectivity index (χ3n) is 6.52. The normalized spacial score (nSPS) is 12.2. The molecule has 0 fully saturated rings. The Labute approximate surface area is 217 Å². The van der Waals surface area contributed by atoms with Crippen molar-refractivity contribution in [2.45, 2.75) is 13.0 Å². The van der Waals surface area contributed by atoms with E-state index in [0.29, 0.717) is 63.8 Å². The van der Waals surface area contributed by atoms with E-state index < -0.39 is 0 Å². The van der Waals surface area contributed by atoms with Crippen molar-refractivity contribution in [2.75, 3.05) is 32.1 Å². The van der Waals surface area contributed by atoms with Crippen LogP contribution >= 0.6 is 0 Å². The van der Waals surface area contributed by atoms with Crippen LogP contribution < -0.4 is 30.0 Å². The van der Waals surface area contributed by atoms with E-state index in [2.05, 4.69) is 5.32 Å². The van der Waals surface area contributed by atoms with E-state index in [1.807, 2.05) is 47.0 Å². The fraction of sp³-hybridized carbons (Fsp3) is 0.179. The number of para-hydroxylation sites is 2. The molecule has 0 atom stereocenters. The number of benzene rings is 3. The number of fused-ring (bicyclic) bond motifs is 3. The number of hydrogen-bond acceptors (Lipinski definition) is 8. The van der Waals surface area contributed by atoms with Crippen LogP contribution in [-0.2, 0) is 13.0 Å². The zero-order valence-corrected chi connectivity index (χ0v) is 20.9. The van der Waals surface area contributed by atoms with E-state index in [0.717, 1.165) is 5.56 Å². The van der Waals surface area contributed by atoms with Crippen molar-refractivity contribution in [3.05, 3.63) is 71.8 Å². The highest BCUT2D eigenvalue weighted by Gasteiger charge is 2.25. The summed E-state index contributed by atoms with van der Waals surface area (Å²) in [5.41, 5.74) is 10.8. The SMILES string of the molecule is COc1ccc(CCn2c(N)c(C(=O)Nc3ccc4c(c3)OCO4)c3nc4ccccc4nc32)cc1OC. The fourth-order valence-corrected chi connectivity index (χ4v) is 4.61. The molecule has 38 heavy (non-hydrogen) atoms. The highest BCUT2D eigenvalue weighted by atomic mass is 16.7. The predicted molar refractivity (Wildman–Crippen MR) is 143 cm³/mol. The Kier molecular flexibility index (Phi) is 5.83. The number of ether oxygens (including phenoxy) is 4. The summed E-state index contributed by atoms with van der Waals surface area (Å²) in [5, 5.41) is 2.92. The van der Waals surface area contributed by atoms with E-state index in [4.69, 9.17) is 34.6 Å². The van der Waals surface area contributed by atoms with Gasteiger partial charge in [-0.25, -0.2) is 9.97 Å². The van der Waals surface area contributed by atoms with Gasteiger partial charge in [0.2, 0.25) is 6.79 Å². The summed E-state index contributed by atoms with van der Waals surface area (Å²) in [7, 11) is 3.20. The molecule has 1 amide bonds. The van der Waals surface area contributed by atoms with Crippen LogP contribution in [0.3, 0.4) is 0 Å². The highest BCUT2D eigenvalue weighted by molar-refractivity contribution is 6.16. The van der Waals surface area contributed by atoms with Gasteiger partial charge < -0.3 is 34.6 Å². The second kappa shape index (κ2) is 9.47. The third-order valence-corrected chi connectivity index (χ3v) is 6.52. The summed E-state index contributed by atoms with van der Waals surface area (Å²) < 4.78 is 23.4. The van der Waals surface area contributed by atoms with Crippen molar-refractivity contribution in [1.82, 2.24) is 14.5 Å². The maximum absolute atomic E-state index is 13.6. The average molecular weight is 512 g/mol. The van der Waals surface area contributed by atoms with Crippen LogP contribution in [-0.4, -0.2) is 41.5 Å². The van der Waals surface area contributed by atoms with E-state index in [1.165, 1.54) is 0 Å². The molecule has 6 rings (SSSR count). The van der Waals surface area contributed by atoms with Crippen molar-refractivity contribution in [3.63, 3.8) is 0 Å². The number of nitrogens with zero attached hydrogens (tertiary/aromatic N) is 3. The fourth-order valence-electron chi connectivity index (χ4n) is 4.61. The lowest BCUT2D eigenvalue weighted by molar-refractivity contribution is 0.102. The first-order chi connectivity index (χ1) is 18.6. The van der Waals surface area contributed by atoms with Gasteiger partial charge in [0.15, 0.2) is 28.6 Å². The number of amides is 1. The summed E-state index contributed by atoms with van der Waals surface area (Å²) in [4.78, 5) is 23.2. The number of nitrogens with two attached hydrogens (primary N) is 1. The molecule has 3 heterocycles. The number of methoxy groups -OCH3 is 2. The Morgan fingerprint density at radius 1 is 0.974 bits per heavy atom. The van der Waals surface area contributed by atoms with Gasteiger partial charge in [-0.1, -0.05) is 18.2 Å². The molecule has 10 heteroatoms. The molecule has 0 unspecified atom stereocenters. The lowest BCUT2D eigenvalue weighted by Crippen LogP contribution is -2.15. The third kappa shape index (κ3) is 4.05. The molecule has 0 aliphatic carbocycles. The Bertz CT molecular complexity index is 1700. The molecule has 0 spiro atoms. The van der Waals surface area contributed by atoms with Crippen LogP contribution in [0, 0.1) is 0 Å². The van der Waals surface area contributed by atoms with Crippen LogP contribution in [0.4, 0.5) is 11.5 Å². The Balaban J connectivity index is 1.39. The minimum absolute atomic E-state index is 0.149. The van der Waals surface area contributed by atoms with Crippen molar-refractivity contribution in [2.24, 2.45) is 0 Å². The van der Waals surface area contributed by atoms with Gasteiger partial charge in [-0.05, 0) is 48.4 Å². The van der Waals surface area contributed by atoms with Crippen molar-refractivity contribution in [3.8, 4) is 23.0 Å². The van der Waals surface area contributed by atoms with Crippen LogP contribution in [0.2, 0.25) is 0 Å². The molecule has 0 bridgehead atoms. The molecule has 0 radical (unpaired) electrons. The molecular weight excluding hydrogens is 486 g/mol. The van der Waals surface area contributed by atoms with Gasteiger partial charge in [-0.3, -0.25) is 4.79 Å². The predicted octanol–water partition coefficient (Wildman–Crippen LogP) is 4.41. The van der Waals surface area contributed by atoms with Crippen molar-refractivity contribution in [1.29, 1.82) is 0 Å². The Morgan fingerprint density at radius 3 is 2.53 bits per heavy atom. The minimum Gasteiger partial charge on any atom is -0.493 e. The number of anilines is 2. The van der Waals surface area contributed by atoms with Gasteiger partial charge in [-0.15, -0.1) is 0 Å². The number of aromatic nitrogens is 3. The Morgan fingerprint density at radius 2 is 1.74 bits per heavy atom. The molecule has 5 aromatic rings. The van der Waals surface area contributed by atoms with Gasteiger partial charge in [0.1, 0.15) is 16.9 Å². The lowest BCUT2D eigenvalue weighted by Gasteiger charge is -2.11. The number of hydrogen-bond donors (Lipinski definition) is 2. The van der Waals surface area contributed by atoms with E-state index >= 15 is 0 Å². The Hall–Kier alpha value is -4.99. The first kappa shape index (κ1) is 23.4. The van der Waals surface area contributed by atoms with Crippen LogP contribution in [0.1, 0.15) is 15.9 Å². The van der Waals surface area contributed by atoms with E-state index in [-0.39, 0.29) is 24.1 Å². The quantitative estimate of drug-likeness (QED) is 0.330. The largest absolute Gasteiger partial charge is 0.493 e. The average Bonchev–Trinajstić information content (AvgIpc) is 3.51. The first-order valence-corrected chi connectivity index (χ1v) is 12.0. The summed E-state index contributed by atoms with van der Waals surface area (Å²) in [5.74, 6) is 2.40. The van der Waals surface area contributed by atoms with E-state index in [9.17, 15) is 4.79 Å². The van der Waals surface area contributed by atoms with Crippen LogP contribution in [0.15, 0.2) is 60.7 Å². The number of aryl methyl sites for hydroxylation is 2. The molecule has 192 valence electrons. The molecule has 3 aromatic carbocycles. The molecule has 1 aliphatic rings. The van der Waals surface area contributed by atoms with Crippen LogP contribution in [0.5, 0.6) is 23.0 Å². The van der Waals surface area contributed by atoms with Crippen molar-refractivity contribution >= 4 is 39.6 Å². The smallest absolute Gasteiger partial charge is 0.261 e.